The molecule has 0 aliphatic carbocycles. The average Bonchev–Trinajstić information content (AvgIpc) is 2.46. The second-order valence-corrected chi connectivity index (χ2v) is 5.11. The Hall–Kier alpha value is -2.55. The van der Waals surface area contributed by atoms with Gasteiger partial charge < -0.3 is 9.47 Å². The van der Waals surface area contributed by atoms with Gasteiger partial charge in [-0.25, -0.2) is 4.79 Å². The molecule has 0 saturated heterocycles. The zero-order valence-corrected chi connectivity index (χ0v) is 12.3. The molecule has 0 aliphatic rings. The largest absolute Gasteiger partial charge is 0.513 e. The lowest BCUT2D eigenvalue weighted by molar-refractivity contribution is 0.122. The van der Waals surface area contributed by atoms with E-state index in [2.05, 4.69) is 10.8 Å². The van der Waals surface area contributed by atoms with Crippen molar-refractivity contribution in [1.82, 2.24) is 0 Å². The predicted octanol–water partition coefficient (Wildman–Crippen LogP) is 4.76. The number of carbonyl (C=O) groups is 1. The molecule has 0 aromatic heterocycles. The van der Waals surface area contributed by atoms with Gasteiger partial charge in [0.05, 0.1) is 7.11 Å². The highest BCUT2D eigenvalue weighted by Gasteiger charge is 2.16. The molecule has 21 heavy (non-hydrogen) atoms. The summed E-state index contributed by atoms with van der Waals surface area (Å²) in [5.41, 5.74) is 2.13. The second kappa shape index (κ2) is 5.09. The standard InChI is InChI=1S/C18H16O3/c1-11-6-4-8-13-10-14-9-5-7-12(2)16(14)17(15(11)13)21-18(19)20-3/h4-10H,1-3H3. The molecule has 106 valence electrons. The fourth-order valence-electron chi connectivity index (χ4n) is 2.76. The molecule has 0 saturated carbocycles. The van der Waals surface area contributed by atoms with Crippen LogP contribution >= 0.6 is 0 Å². The van der Waals surface area contributed by atoms with Crippen LogP contribution in [0.25, 0.3) is 21.5 Å². The van der Waals surface area contributed by atoms with Crippen molar-refractivity contribution in [2.24, 2.45) is 0 Å². The van der Waals surface area contributed by atoms with Crippen LogP contribution in [0.15, 0.2) is 42.5 Å². The quantitative estimate of drug-likeness (QED) is 0.366. The van der Waals surface area contributed by atoms with Crippen LogP contribution in [-0.2, 0) is 4.74 Å². The van der Waals surface area contributed by atoms with Crippen molar-refractivity contribution in [3.63, 3.8) is 0 Å². The van der Waals surface area contributed by atoms with Crippen LogP contribution in [-0.4, -0.2) is 13.3 Å². The van der Waals surface area contributed by atoms with E-state index in [1.54, 1.807) is 0 Å². The van der Waals surface area contributed by atoms with Crippen LogP contribution in [0.5, 0.6) is 5.75 Å². The Balaban J connectivity index is 2.47. The summed E-state index contributed by atoms with van der Waals surface area (Å²) < 4.78 is 10.2. The van der Waals surface area contributed by atoms with Gasteiger partial charge in [-0.3, -0.25) is 0 Å². The molecule has 0 atom stereocenters. The highest BCUT2D eigenvalue weighted by atomic mass is 16.7. The topological polar surface area (TPSA) is 35.5 Å². The molecule has 0 aliphatic heterocycles. The summed E-state index contributed by atoms with van der Waals surface area (Å²) in [5, 5.41) is 3.99. The second-order valence-electron chi connectivity index (χ2n) is 5.11. The van der Waals surface area contributed by atoms with Gasteiger partial charge in [0.15, 0.2) is 5.75 Å². The first kappa shape index (κ1) is 13.4. The van der Waals surface area contributed by atoms with Gasteiger partial charge in [0.25, 0.3) is 0 Å². The number of fused-ring (bicyclic) bond motifs is 2. The van der Waals surface area contributed by atoms with Gasteiger partial charge in [0, 0.05) is 10.8 Å². The van der Waals surface area contributed by atoms with Crippen molar-refractivity contribution < 1.29 is 14.3 Å². The zero-order chi connectivity index (χ0) is 15.0. The van der Waals surface area contributed by atoms with E-state index < -0.39 is 6.16 Å². The molecular weight excluding hydrogens is 264 g/mol. The van der Waals surface area contributed by atoms with Gasteiger partial charge in [-0.1, -0.05) is 36.4 Å². The van der Waals surface area contributed by atoms with Crippen molar-refractivity contribution in [3.05, 3.63) is 53.6 Å². The number of carbonyl (C=O) groups excluding carboxylic acids is 1. The highest BCUT2D eigenvalue weighted by Crippen LogP contribution is 2.38. The SMILES string of the molecule is COC(=O)Oc1c2c(C)cccc2cc2cccc(C)c12. The fourth-order valence-corrected chi connectivity index (χ4v) is 2.76. The number of benzene rings is 3. The van der Waals surface area contributed by atoms with E-state index in [0.717, 1.165) is 32.7 Å². The lowest BCUT2D eigenvalue weighted by atomic mass is 9.96. The van der Waals surface area contributed by atoms with E-state index in [0.29, 0.717) is 5.75 Å². The molecule has 0 amide bonds. The van der Waals surface area contributed by atoms with Crippen molar-refractivity contribution >= 4 is 27.7 Å². The molecule has 3 heteroatoms. The first-order chi connectivity index (χ1) is 10.1. The van der Waals surface area contributed by atoms with Crippen molar-refractivity contribution in [2.45, 2.75) is 13.8 Å². The Kier molecular flexibility index (Phi) is 3.26. The summed E-state index contributed by atoms with van der Waals surface area (Å²) in [6.07, 6.45) is -0.699. The fraction of sp³-hybridized carbons (Fsp3) is 0.167. The third-order valence-corrected chi connectivity index (χ3v) is 3.73. The minimum atomic E-state index is -0.699. The molecule has 0 radical (unpaired) electrons. The maximum atomic E-state index is 11.6. The summed E-state index contributed by atoms with van der Waals surface area (Å²) in [7, 11) is 1.31. The summed E-state index contributed by atoms with van der Waals surface area (Å²) in [4.78, 5) is 11.6. The van der Waals surface area contributed by atoms with Crippen LogP contribution in [0, 0.1) is 13.8 Å². The Morgan fingerprint density at radius 1 is 0.905 bits per heavy atom. The van der Waals surface area contributed by atoms with E-state index >= 15 is 0 Å². The summed E-state index contributed by atoms with van der Waals surface area (Å²) in [5.74, 6) is 0.575. The Bertz CT molecular complexity index is 790. The van der Waals surface area contributed by atoms with Gasteiger partial charge in [-0.2, -0.15) is 0 Å². The third-order valence-electron chi connectivity index (χ3n) is 3.73. The van der Waals surface area contributed by atoms with Crippen LogP contribution < -0.4 is 4.74 Å². The van der Waals surface area contributed by atoms with Gasteiger partial charge in [-0.15, -0.1) is 0 Å². The summed E-state index contributed by atoms with van der Waals surface area (Å²) >= 11 is 0. The van der Waals surface area contributed by atoms with Gasteiger partial charge in [0.2, 0.25) is 0 Å². The molecule has 3 rings (SSSR count). The van der Waals surface area contributed by atoms with E-state index in [1.807, 2.05) is 50.2 Å². The molecule has 0 unspecified atom stereocenters. The highest BCUT2D eigenvalue weighted by molar-refractivity contribution is 6.08. The molecule has 0 bridgehead atoms. The zero-order valence-electron chi connectivity index (χ0n) is 12.3. The van der Waals surface area contributed by atoms with Crippen molar-refractivity contribution in [3.8, 4) is 5.75 Å². The molecule has 3 aromatic carbocycles. The van der Waals surface area contributed by atoms with Crippen LogP contribution in [0.2, 0.25) is 0 Å². The molecule has 0 fully saturated rings. The van der Waals surface area contributed by atoms with Crippen molar-refractivity contribution in [1.29, 1.82) is 0 Å². The number of aryl methyl sites for hydroxylation is 2. The summed E-state index contributed by atoms with van der Waals surface area (Å²) in [6, 6.07) is 14.2. The van der Waals surface area contributed by atoms with Crippen LogP contribution in [0.1, 0.15) is 11.1 Å². The van der Waals surface area contributed by atoms with Gasteiger partial charge in [0.1, 0.15) is 0 Å². The number of hydrogen-bond donors (Lipinski definition) is 0. The van der Waals surface area contributed by atoms with E-state index in [1.165, 1.54) is 7.11 Å². The molecule has 0 spiro atoms. The molecule has 3 nitrogen and oxygen atoms in total. The molecule has 3 aromatic rings. The molecule has 0 N–H and O–H groups in total. The predicted molar refractivity (Wildman–Crippen MR) is 84.0 cm³/mol. The van der Waals surface area contributed by atoms with E-state index in [-0.39, 0.29) is 0 Å². The molecular formula is C18H16O3. The lowest BCUT2D eigenvalue weighted by Crippen LogP contribution is -2.08. The monoisotopic (exact) mass is 280 g/mol. The van der Waals surface area contributed by atoms with E-state index in [4.69, 9.17) is 4.74 Å². The number of methoxy groups -OCH3 is 1. The molecule has 0 heterocycles. The Morgan fingerprint density at radius 3 is 1.90 bits per heavy atom. The van der Waals surface area contributed by atoms with Crippen LogP contribution in [0.4, 0.5) is 4.79 Å². The number of rotatable bonds is 1. The first-order valence-corrected chi connectivity index (χ1v) is 6.79. The van der Waals surface area contributed by atoms with Crippen LogP contribution in [0.3, 0.4) is 0 Å². The normalized spacial score (nSPS) is 10.8. The van der Waals surface area contributed by atoms with Crippen molar-refractivity contribution in [2.75, 3.05) is 7.11 Å². The third kappa shape index (κ3) is 2.21. The van der Waals surface area contributed by atoms with Gasteiger partial charge >= 0.3 is 6.16 Å². The van der Waals surface area contributed by atoms with Gasteiger partial charge in [-0.05, 0) is 41.8 Å². The smallest absolute Gasteiger partial charge is 0.437 e. The first-order valence-electron chi connectivity index (χ1n) is 6.79. The number of ether oxygens (including phenoxy) is 2. The average molecular weight is 280 g/mol. The minimum absolute atomic E-state index is 0.575. The Labute approximate surface area is 123 Å². The minimum Gasteiger partial charge on any atom is -0.437 e. The number of hydrogen-bond acceptors (Lipinski definition) is 3. The maximum Gasteiger partial charge on any atom is 0.513 e. The lowest BCUT2D eigenvalue weighted by Gasteiger charge is -2.14. The Morgan fingerprint density at radius 2 is 1.43 bits per heavy atom. The van der Waals surface area contributed by atoms with E-state index in [9.17, 15) is 4.79 Å². The summed E-state index contributed by atoms with van der Waals surface area (Å²) in [6.45, 7) is 4.02. The maximum absolute atomic E-state index is 11.6.